The Bertz CT molecular complexity index is 285. The molecule has 14 heavy (non-hydrogen) atoms. The summed E-state index contributed by atoms with van der Waals surface area (Å²) in [6.45, 7) is 4.13. The highest BCUT2D eigenvalue weighted by Crippen LogP contribution is 2.17. The standard InChI is InChI=1S/C12H19NO/c1-4-10-6-5-7-11(8-10)12(13)9(2)14-3/h5-9,12H,4,13H2,1-3H3. The fraction of sp³-hybridized carbons (Fsp3) is 0.500. The van der Waals surface area contributed by atoms with Crippen LogP contribution in [0.25, 0.3) is 0 Å². The van der Waals surface area contributed by atoms with Crippen molar-refractivity contribution in [3.05, 3.63) is 35.4 Å². The first-order valence-corrected chi connectivity index (χ1v) is 5.06. The van der Waals surface area contributed by atoms with Crippen LogP contribution in [0.5, 0.6) is 0 Å². The monoisotopic (exact) mass is 193 g/mol. The van der Waals surface area contributed by atoms with Gasteiger partial charge >= 0.3 is 0 Å². The minimum Gasteiger partial charge on any atom is -0.380 e. The SMILES string of the molecule is CCc1cccc(C(N)C(C)OC)c1. The van der Waals surface area contributed by atoms with Gasteiger partial charge in [0.1, 0.15) is 0 Å². The molecule has 1 aromatic carbocycles. The minimum absolute atomic E-state index is 0.0356. The lowest BCUT2D eigenvalue weighted by Gasteiger charge is -2.19. The summed E-state index contributed by atoms with van der Waals surface area (Å²) in [5.41, 5.74) is 8.52. The Kier molecular flexibility index (Phi) is 4.11. The fourth-order valence-corrected chi connectivity index (χ4v) is 1.44. The number of ether oxygens (including phenoxy) is 1. The molecule has 2 unspecified atom stereocenters. The molecule has 0 aliphatic rings. The van der Waals surface area contributed by atoms with Gasteiger partial charge in [0.2, 0.25) is 0 Å². The summed E-state index contributed by atoms with van der Waals surface area (Å²) in [4.78, 5) is 0. The molecule has 0 fully saturated rings. The molecule has 0 aliphatic carbocycles. The van der Waals surface area contributed by atoms with E-state index in [0.717, 1.165) is 12.0 Å². The molecule has 2 N–H and O–H groups in total. The summed E-state index contributed by atoms with van der Waals surface area (Å²) < 4.78 is 5.21. The highest BCUT2D eigenvalue weighted by atomic mass is 16.5. The summed E-state index contributed by atoms with van der Waals surface area (Å²) in [6.07, 6.45) is 1.10. The van der Waals surface area contributed by atoms with Gasteiger partial charge in [-0.2, -0.15) is 0 Å². The van der Waals surface area contributed by atoms with E-state index in [0.29, 0.717) is 0 Å². The van der Waals surface area contributed by atoms with E-state index in [1.165, 1.54) is 5.56 Å². The number of methoxy groups -OCH3 is 1. The lowest BCUT2D eigenvalue weighted by molar-refractivity contribution is 0.0956. The highest BCUT2D eigenvalue weighted by Gasteiger charge is 2.13. The molecular formula is C12H19NO. The molecule has 1 aromatic rings. The molecular weight excluding hydrogens is 174 g/mol. The Morgan fingerprint density at radius 2 is 2.14 bits per heavy atom. The van der Waals surface area contributed by atoms with Crippen LogP contribution < -0.4 is 5.73 Å². The van der Waals surface area contributed by atoms with Crippen molar-refractivity contribution in [2.75, 3.05) is 7.11 Å². The van der Waals surface area contributed by atoms with Gasteiger partial charge < -0.3 is 10.5 Å². The van der Waals surface area contributed by atoms with Crippen LogP contribution >= 0.6 is 0 Å². The van der Waals surface area contributed by atoms with Crippen LogP contribution in [-0.2, 0) is 11.2 Å². The van der Waals surface area contributed by atoms with Crippen LogP contribution in [0.3, 0.4) is 0 Å². The van der Waals surface area contributed by atoms with Crippen molar-refractivity contribution in [1.82, 2.24) is 0 Å². The number of rotatable bonds is 4. The second-order valence-electron chi connectivity index (χ2n) is 3.57. The van der Waals surface area contributed by atoms with Crippen LogP contribution in [-0.4, -0.2) is 13.2 Å². The zero-order valence-corrected chi connectivity index (χ0v) is 9.16. The maximum Gasteiger partial charge on any atom is 0.0735 e. The van der Waals surface area contributed by atoms with Gasteiger partial charge in [0.25, 0.3) is 0 Å². The highest BCUT2D eigenvalue weighted by molar-refractivity contribution is 5.26. The fourth-order valence-electron chi connectivity index (χ4n) is 1.44. The van der Waals surface area contributed by atoms with Crippen molar-refractivity contribution < 1.29 is 4.74 Å². The van der Waals surface area contributed by atoms with Gasteiger partial charge in [-0.05, 0) is 24.5 Å². The predicted molar refractivity (Wildman–Crippen MR) is 59.2 cm³/mol. The van der Waals surface area contributed by atoms with Crippen molar-refractivity contribution in [2.45, 2.75) is 32.4 Å². The summed E-state index contributed by atoms with van der Waals surface area (Å²) in [5.74, 6) is 0. The minimum atomic E-state index is -0.0356. The second kappa shape index (κ2) is 5.13. The van der Waals surface area contributed by atoms with Crippen LogP contribution in [0.4, 0.5) is 0 Å². The van der Waals surface area contributed by atoms with E-state index in [2.05, 4.69) is 31.2 Å². The predicted octanol–water partition coefficient (Wildman–Crippen LogP) is 2.28. The number of aryl methyl sites for hydroxylation is 1. The summed E-state index contributed by atoms with van der Waals surface area (Å²) in [7, 11) is 1.69. The number of nitrogens with two attached hydrogens (primary N) is 1. The first-order chi connectivity index (χ1) is 6.69. The summed E-state index contributed by atoms with van der Waals surface area (Å²) >= 11 is 0. The molecule has 0 radical (unpaired) electrons. The molecule has 1 rings (SSSR count). The van der Waals surface area contributed by atoms with Gasteiger partial charge in [-0.15, -0.1) is 0 Å². The summed E-state index contributed by atoms with van der Waals surface area (Å²) in [6, 6.07) is 8.34. The first-order valence-electron chi connectivity index (χ1n) is 5.06. The van der Waals surface area contributed by atoms with Crippen LogP contribution in [0, 0.1) is 0 Å². The molecule has 0 spiro atoms. The number of hydrogen-bond acceptors (Lipinski definition) is 2. The largest absolute Gasteiger partial charge is 0.380 e. The van der Waals surface area contributed by atoms with Crippen molar-refractivity contribution in [2.24, 2.45) is 5.73 Å². The molecule has 78 valence electrons. The first kappa shape index (κ1) is 11.2. The maximum atomic E-state index is 6.05. The van der Waals surface area contributed by atoms with E-state index in [1.807, 2.05) is 6.92 Å². The van der Waals surface area contributed by atoms with Crippen molar-refractivity contribution >= 4 is 0 Å². The maximum absolute atomic E-state index is 6.05. The van der Waals surface area contributed by atoms with Crippen molar-refractivity contribution in [1.29, 1.82) is 0 Å². The molecule has 0 saturated carbocycles. The molecule has 0 amide bonds. The molecule has 0 saturated heterocycles. The Morgan fingerprint density at radius 3 is 2.71 bits per heavy atom. The average molecular weight is 193 g/mol. The molecule has 2 atom stereocenters. The Hall–Kier alpha value is -0.860. The number of hydrogen-bond donors (Lipinski definition) is 1. The lowest BCUT2D eigenvalue weighted by Crippen LogP contribution is -2.25. The summed E-state index contributed by atoms with van der Waals surface area (Å²) in [5, 5.41) is 0. The lowest BCUT2D eigenvalue weighted by atomic mass is 10.0. The normalized spacial score (nSPS) is 15.1. The van der Waals surface area contributed by atoms with Gasteiger partial charge in [0.15, 0.2) is 0 Å². The van der Waals surface area contributed by atoms with Crippen LogP contribution in [0.1, 0.15) is 31.0 Å². The average Bonchev–Trinajstić information content (AvgIpc) is 2.27. The van der Waals surface area contributed by atoms with Gasteiger partial charge in [0, 0.05) is 7.11 Å². The third-order valence-corrected chi connectivity index (χ3v) is 2.62. The van der Waals surface area contributed by atoms with E-state index in [1.54, 1.807) is 7.11 Å². The molecule has 0 heterocycles. The van der Waals surface area contributed by atoms with E-state index in [4.69, 9.17) is 10.5 Å². The topological polar surface area (TPSA) is 35.2 Å². The zero-order valence-electron chi connectivity index (χ0n) is 9.16. The van der Waals surface area contributed by atoms with E-state index >= 15 is 0 Å². The quantitative estimate of drug-likeness (QED) is 0.796. The molecule has 2 nitrogen and oxygen atoms in total. The second-order valence-corrected chi connectivity index (χ2v) is 3.57. The van der Waals surface area contributed by atoms with E-state index in [-0.39, 0.29) is 12.1 Å². The van der Waals surface area contributed by atoms with Crippen LogP contribution in [0.15, 0.2) is 24.3 Å². The van der Waals surface area contributed by atoms with Crippen LogP contribution in [0.2, 0.25) is 0 Å². The molecule has 0 aromatic heterocycles. The molecule has 0 bridgehead atoms. The van der Waals surface area contributed by atoms with E-state index < -0.39 is 0 Å². The molecule has 2 heteroatoms. The smallest absolute Gasteiger partial charge is 0.0735 e. The van der Waals surface area contributed by atoms with Gasteiger partial charge in [-0.25, -0.2) is 0 Å². The Morgan fingerprint density at radius 1 is 1.43 bits per heavy atom. The zero-order chi connectivity index (χ0) is 10.6. The Balaban J connectivity index is 2.83. The van der Waals surface area contributed by atoms with E-state index in [9.17, 15) is 0 Å². The number of benzene rings is 1. The van der Waals surface area contributed by atoms with Gasteiger partial charge in [-0.3, -0.25) is 0 Å². The van der Waals surface area contributed by atoms with Crippen molar-refractivity contribution in [3.63, 3.8) is 0 Å². The third kappa shape index (κ3) is 2.56. The molecule has 0 aliphatic heterocycles. The third-order valence-electron chi connectivity index (χ3n) is 2.62. The Labute approximate surface area is 86.1 Å². The van der Waals surface area contributed by atoms with Crippen molar-refractivity contribution in [3.8, 4) is 0 Å². The van der Waals surface area contributed by atoms with Gasteiger partial charge in [-0.1, -0.05) is 31.2 Å². The van der Waals surface area contributed by atoms with Gasteiger partial charge in [0.05, 0.1) is 12.1 Å².